The SMILES string of the molecule is CCNc1nc(Nc2cc(C)c(C3CCNCC3)cc2OC(C)C)ncc1Cl. The Balaban J connectivity index is 1.93. The Labute approximate surface area is 172 Å². The van der Waals surface area contributed by atoms with E-state index in [0.717, 1.165) is 43.9 Å². The van der Waals surface area contributed by atoms with Gasteiger partial charge in [0, 0.05) is 6.54 Å². The molecule has 152 valence electrons. The average molecular weight is 404 g/mol. The molecule has 1 aliphatic rings. The van der Waals surface area contributed by atoms with Gasteiger partial charge in [0.1, 0.15) is 16.6 Å². The quantitative estimate of drug-likeness (QED) is 0.612. The van der Waals surface area contributed by atoms with Crippen molar-refractivity contribution < 1.29 is 4.74 Å². The van der Waals surface area contributed by atoms with E-state index in [0.29, 0.717) is 22.7 Å². The minimum Gasteiger partial charge on any atom is -0.489 e. The third kappa shape index (κ3) is 5.06. The van der Waals surface area contributed by atoms with Crippen LogP contribution in [0.1, 0.15) is 50.7 Å². The summed E-state index contributed by atoms with van der Waals surface area (Å²) in [5.41, 5.74) is 3.49. The number of piperidine rings is 1. The highest BCUT2D eigenvalue weighted by atomic mass is 35.5. The number of benzene rings is 1. The molecule has 0 radical (unpaired) electrons. The standard InChI is InChI=1S/C21H30ClN5O/c1-5-24-20-17(22)12-25-21(27-20)26-18-10-14(4)16(11-19(18)28-13(2)3)15-6-8-23-9-7-15/h10-13,15,23H,5-9H2,1-4H3,(H2,24,25,26,27). The van der Waals surface area contributed by atoms with Gasteiger partial charge in [-0.25, -0.2) is 4.98 Å². The lowest BCUT2D eigenvalue weighted by atomic mass is 9.87. The normalized spacial score (nSPS) is 14.9. The summed E-state index contributed by atoms with van der Waals surface area (Å²) in [5.74, 6) is 2.51. The van der Waals surface area contributed by atoms with Crippen LogP contribution in [0.3, 0.4) is 0 Å². The molecule has 3 N–H and O–H groups in total. The Bertz CT molecular complexity index is 806. The van der Waals surface area contributed by atoms with Crippen LogP contribution in [-0.2, 0) is 0 Å². The Morgan fingerprint density at radius 2 is 2.04 bits per heavy atom. The van der Waals surface area contributed by atoms with Crippen LogP contribution in [0.2, 0.25) is 5.02 Å². The van der Waals surface area contributed by atoms with Crippen molar-refractivity contribution in [3.05, 3.63) is 34.5 Å². The summed E-state index contributed by atoms with van der Waals surface area (Å²) in [6, 6.07) is 4.33. The number of anilines is 3. The van der Waals surface area contributed by atoms with Crippen LogP contribution in [0, 0.1) is 6.92 Å². The van der Waals surface area contributed by atoms with E-state index in [4.69, 9.17) is 16.3 Å². The van der Waals surface area contributed by atoms with Crippen LogP contribution >= 0.6 is 11.6 Å². The second kappa shape index (κ2) is 9.43. The highest BCUT2D eigenvalue weighted by Gasteiger charge is 2.20. The average Bonchev–Trinajstić information content (AvgIpc) is 2.67. The number of nitrogens with zero attached hydrogens (tertiary/aromatic N) is 2. The van der Waals surface area contributed by atoms with Gasteiger partial charge in [-0.15, -0.1) is 0 Å². The van der Waals surface area contributed by atoms with Crippen molar-refractivity contribution in [3.8, 4) is 5.75 Å². The molecule has 1 saturated heterocycles. The van der Waals surface area contributed by atoms with Gasteiger partial charge in [-0.3, -0.25) is 0 Å². The number of aromatic nitrogens is 2. The fraction of sp³-hybridized carbons (Fsp3) is 0.524. The summed E-state index contributed by atoms with van der Waals surface area (Å²) in [6.45, 7) is 11.1. The van der Waals surface area contributed by atoms with E-state index in [2.05, 4.69) is 45.0 Å². The van der Waals surface area contributed by atoms with Crippen molar-refractivity contribution in [1.29, 1.82) is 0 Å². The predicted molar refractivity (Wildman–Crippen MR) is 116 cm³/mol. The van der Waals surface area contributed by atoms with E-state index < -0.39 is 0 Å². The summed E-state index contributed by atoms with van der Waals surface area (Å²) in [5, 5.41) is 10.4. The molecule has 0 unspecified atom stereocenters. The number of hydrogen-bond acceptors (Lipinski definition) is 6. The largest absolute Gasteiger partial charge is 0.489 e. The zero-order valence-electron chi connectivity index (χ0n) is 17.1. The van der Waals surface area contributed by atoms with Crippen molar-refractivity contribution in [2.45, 2.75) is 52.6 Å². The second-order valence-corrected chi connectivity index (χ2v) is 7.85. The van der Waals surface area contributed by atoms with E-state index in [1.165, 1.54) is 11.1 Å². The Kier molecular flexibility index (Phi) is 6.97. The van der Waals surface area contributed by atoms with Crippen LogP contribution in [0.15, 0.2) is 18.3 Å². The van der Waals surface area contributed by atoms with Crippen LogP contribution in [0.4, 0.5) is 17.5 Å². The lowest BCUT2D eigenvalue weighted by Gasteiger charge is -2.26. The van der Waals surface area contributed by atoms with E-state index >= 15 is 0 Å². The number of halogens is 1. The molecule has 1 fully saturated rings. The van der Waals surface area contributed by atoms with Gasteiger partial charge in [0.15, 0.2) is 0 Å². The molecule has 1 aliphatic heterocycles. The van der Waals surface area contributed by atoms with Gasteiger partial charge in [-0.2, -0.15) is 4.98 Å². The van der Waals surface area contributed by atoms with Gasteiger partial charge in [-0.1, -0.05) is 11.6 Å². The fourth-order valence-corrected chi connectivity index (χ4v) is 3.72. The van der Waals surface area contributed by atoms with Crippen LogP contribution in [-0.4, -0.2) is 35.7 Å². The molecule has 0 aliphatic carbocycles. The third-order valence-corrected chi connectivity index (χ3v) is 5.12. The highest BCUT2D eigenvalue weighted by Crippen LogP contribution is 2.37. The predicted octanol–water partition coefficient (Wildman–Crippen LogP) is 4.87. The number of nitrogens with one attached hydrogen (secondary N) is 3. The van der Waals surface area contributed by atoms with Crippen molar-refractivity contribution in [2.75, 3.05) is 30.3 Å². The van der Waals surface area contributed by atoms with Gasteiger partial charge in [0.25, 0.3) is 0 Å². The molecule has 2 aromatic rings. The Morgan fingerprint density at radius 1 is 1.29 bits per heavy atom. The number of rotatable bonds is 7. The van der Waals surface area contributed by atoms with Crippen LogP contribution < -0.4 is 20.7 Å². The summed E-state index contributed by atoms with van der Waals surface area (Å²) in [7, 11) is 0. The summed E-state index contributed by atoms with van der Waals surface area (Å²) in [4.78, 5) is 8.81. The molecule has 1 aromatic carbocycles. The maximum absolute atomic E-state index is 6.17. The minimum absolute atomic E-state index is 0.0765. The Hall–Kier alpha value is -2.05. The molecule has 3 rings (SSSR count). The molecule has 0 saturated carbocycles. The summed E-state index contributed by atoms with van der Waals surface area (Å²) in [6.07, 6.45) is 3.99. The van der Waals surface area contributed by atoms with Gasteiger partial charge in [-0.05, 0) is 82.8 Å². The first-order valence-corrected chi connectivity index (χ1v) is 10.4. The number of hydrogen-bond donors (Lipinski definition) is 3. The molecular formula is C21H30ClN5O. The van der Waals surface area contributed by atoms with Gasteiger partial charge >= 0.3 is 0 Å². The first-order valence-electron chi connectivity index (χ1n) is 10.0. The third-order valence-electron chi connectivity index (χ3n) is 4.84. The second-order valence-electron chi connectivity index (χ2n) is 7.44. The summed E-state index contributed by atoms with van der Waals surface area (Å²) < 4.78 is 6.13. The molecular weight excluding hydrogens is 374 g/mol. The monoisotopic (exact) mass is 403 g/mol. The maximum atomic E-state index is 6.17. The smallest absolute Gasteiger partial charge is 0.229 e. The molecule has 2 heterocycles. The van der Waals surface area contributed by atoms with Crippen molar-refractivity contribution in [2.24, 2.45) is 0 Å². The zero-order chi connectivity index (χ0) is 20.1. The Morgan fingerprint density at radius 3 is 2.71 bits per heavy atom. The molecule has 0 atom stereocenters. The molecule has 1 aromatic heterocycles. The van der Waals surface area contributed by atoms with E-state index in [1.54, 1.807) is 6.20 Å². The molecule has 28 heavy (non-hydrogen) atoms. The minimum atomic E-state index is 0.0765. The van der Waals surface area contributed by atoms with E-state index in [-0.39, 0.29) is 6.10 Å². The van der Waals surface area contributed by atoms with E-state index in [1.807, 2.05) is 20.8 Å². The first-order chi connectivity index (χ1) is 13.5. The molecule has 7 heteroatoms. The molecule has 0 amide bonds. The van der Waals surface area contributed by atoms with Gasteiger partial charge in [0.05, 0.1) is 18.0 Å². The first kappa shape index (κ1) is 20.7. The van der Waals surface area contributed by atoms with Gasteiger partial charge < -0.3 is 20.7 Å². The maximum Gasteiger partial charge on any atom is 0.229 e. The molecule has 6 nitrogen and oxygen atoms in total. The van der Waals surface area contributed by atoms with Crippen molar-refractivity contribution >= 4 is 29.1 Å². The van der Waals surface area contributed by atoms with Crippen LogP contribution in [0.25, 0.3) is 0 Å². The lowest BCUT2D eigenvalue weighted by Crippen LogP contribution is -2.27. The lowest BCUT2D eigenvalue weighted by molar-refractivity contribution is 0.243. The van der Waals surface area contributed by atoms with Crippen LogP contribution in [0.5, 0.6) is 5.75 Å². The number of ether oxygens (including phenoxy) is 1. The molecule has 0 bridgehead atoms. The topological polar surface area (TPSA) is 71.1 Å². The highest BCUT2D eigenvalue weighted by molar-refractivity contribution is 6.32. The van der Waals surface area contributed by atoms with E-state index in [9.17, 15) is 0 Å². The van der Waals surface area contributed by atoms with Crippen molar-refractivity contribution in [3.63, 3.8) is 0 Å². The number of aryl methyl sites for hydroxylation is 1. The zero-order valence-corrected chi connectivity index (χ0v) is 17.9. The summed E-state index contributed by atoms with van der Waals surface area (Å²) >= 11 is 6.17. The van der Waals surface area contributed by atoms with Crippen molar-refractivity contribution in [1.82, 2.24) is 15.3 Å². The fourth-order valence-electron chi connectivity index (χ4n) is 3.56. The molecule has 0 spiro atoms. The van der Waals surface area contributed by atoms with Gasteiger partial charge in [0.2, 0.25) is 5.95 Å².